The summed E-state index contributed by atoms with van der Waals surface area (Å²) in [7, 11) is 0. The zero-order chi connectivity index (χ0) is 15.5. The van der Waals surface area contributed by atoms with E-state index in [4.69, 9.17) is 16.0 Å². The van der Waals surface area contributed by atoms with Crippen LogP contribution in [0.15, 0.2) is 47.1 Å². The first-order chi connectivity index (χ1) is 10.6. The van der Waals surface area contributed by atoms with Gasteiger partial charge < -0.3 is 14.6 Å². The van der Waals surface area contributed by atoms with Gasteiger partial charge in [0.15, 0.2) is 0 Å². The van der Waals surface area contributed by atoms with E-state index in [-0.39, 0.29) is 24.2 Å². The maximum atomic E-state index is 12.3. The number of hydrogen-bond donors (Lipinski definition) is 1. The van der Waals surface area contributed by atoms with Crippen LogP contribution in [0.4, 0.5) is 5.69 Å². The number of amides is 2. The predicted molar refractivity (Wildman–Crippen MR) is 82.3 cm³/mol. The molecule has 1 saturated heterocycles. The molecule has 1 N–H and O–H groups in total. The third kappa shape index (κ3) is 3.31. The fraction of sp³-hybridized carbons (Fsp3) is 0.250. The fourth-order valence-electron chi connectivity index (χ4n) is 2.50. The van der Waals surface area contributed by atoms with Crippen LogP contribution in [0.5, 0.6) is 0 Å². The summed E-state index contributed by atoms with van der Waals surface area (Å²) in [6, 6.07) is 10.5. The SMILES string of the molecule is O=C(Nc1cccc(Cl)c1)C1CC(=O)N(Cc2ccco2)C1. The molecule has 0 bridgehead atoms. The van der Waals surface area contributed by atoms with Gasteiger partial charge in [0.1, 0.15) is 5.76 Å². The molecule has 1 aliphatic rings. The van der Waals surface area contributed by atoms with E-state index in [9.17, 15) is 9.59 Å². The van der Waals surface area contributed by atoms with Crippen LogP contribution in [-0.2, 0) is 16.1 Å². The number of nitrogens with zero attached hydrogens (tertiary/aromatic N) is 1. The van der Waals surface area contributed by atoms with Crippen LogP contribution >= 0.6 is 11.6 Å². The molecule has 3 rings (SSSR count). The number of carbonyl (C=O) groups is 2. The molecule has 2 amide bonds. The minimum atomic E-state index is -0.360. The van der Waals surface area contributed by atoms with Gasteiger partial charge in [-0.15, -0.1) is 0 Å². The van der Waals surface area contributed by atoms with Crippen molar-refractivity contribution >= 4 is 29.1 Å². The van der Waals surface area contributed by atoms with Crippen molar-refractivity contribution in [3.8, 4) is 0 Å². The maximum absolute atomic E-state index is 12.3. The fourth-order valence-corrected chi connectivity index (χ4v) is 2.69. The third-order valence-electron chi connectivity index (χ3n) is 3.60. The van der Waals surface area contributed by atoms with Gasteiger partial charge in [0.2, 0.25) is 11.8 Å². The number of benzene rings is 1. The van der Waals surface area contributed by atoms with Crippen molar-refractivity contribution in [2.45, 2.75) is 13.0 Å². The summed E-state index contributed by atoms with van der Waals surface area (Å²) in [5.41, 5.74) is 0.634. The lowest BCUT2D eigenvalue weighted by Gasteiger charge is -2.15. The summed E-state index contributed by atoms with van der Waals surface area (Å²) < 4.78 is 5.24. The molecule has 1 atom stereocenters. The van der Waals surface area contributed by atoms with E-state index in [1.807, 2.05) is 6.07 Å². The molecule has 6 heteroatoms. The Labute approximate surface area is 132 Å². The molecule has 2 aromatic rings. The second kappa shape index (κ2) is 6.23. The number of rotatable bonds is 4. The van der Waals surface area contributed by atoms with Crippen molar-refractivity contribution < 1.29 is 14.0 Å². The summed E-state index contributed by atoms with van der Waals surface area (Å²) in [5.74, 6) is 0.144. The molecule has 1 aromatic carbocycles. The molecule has 1 unspecified atom stereocenters. The van der Waals surface area contributed by atoms with Crippen LogP contribution in [0.2, 0.25) is 5.02 Å². The van der Waals surface area contributed by atoms with Crippen LogP contribution in [-0.4, -0.2) is 23.3 Å². The number of hydrogen-bond acceptors (Lipinski definition) is 3. The first kappa shape index (κ1) is 14.7. The quantitative estimate of drug-likeness (QED) is 0.942. The predicted octanol–water partition coefficient (Wildman–Crippen LogP) is 2.92. The minimum Gasteiger partial charge on any atom is -0.467 e. The molecule has 2 heterocycles. The minimum absolute atomic E-state index is 0.0392. The van der Waals surface area contributed by atoms with E-state index in [0.717, 1.165) is 0 Å². The highest BCUT2D eigenvalue weighted by molar-refractivity contribution is 6.30. The Balaban J connectivity index is 1.61. The Bertz CT molecular complexity index is 684. The Morgan fingerprint density at radius 2 is 2.23 bits per heavy atom. The number of anilines is 1. The van der Waals surface area contributed by atoms with Crippen LogP contribution in [0.1, 0.15) is 12.2 Å². The Hall–Kier alpha value is -2.27. The van der Waals surface area contributed by atoms with Crippen molar-refractivity contribution in [2.24, 2.45) is 5.92 Å². The van der Waals surface area contributed by atoms with E-state index < -0.39 is 0 Å². The summed E-state index contributed by atoms with van der Waals surface area (Å²) in [5, 5.41) is 3.35. The zero-order valence-corrected chi connectivity index (χ0v) is 12.5. The van der Waals surface area contributed by atoms with E-state index in [1.165, 1.54) is 0 Å². The summed E-state index contributed by atoms with van der Waals surface area (Å²) in [6.07, 6.45) is 1.78. The second-order valence-corrected chi connectivity index (χ2v) is 5.69. The number of halogens is 1. The van der Waals surface area contributed by atoms with Gasteiger partial charge in [-0.25, -0.2) is 0 Å². The van der Waals surface area contributed by atoms with Gasteiger partial charge in [-0.1, -0.05) is 17.7 Å². The molecule has 1 aromatic heterocycles. The van der Waals surface area contributed by atoms with Crippen LogP contribution < -0.4 is 5.32 Å². The summed E-state index contributed by atoms with van der Waals surface area (Å²) in [4.78, 5) is 25.9. The maximum Gasteiger partial charge on any atom is 0.229 e. The normalized spacial score (nSPS) is 17.8. The van der Waals surface area contributed by atoms with E-state index in [2.05, 4.69) is 5.32 Å². The van der Waals surface area contributed by atoms with E-state index in [1.54, 1.807) is 41.5 Å². The Morgan fingerprint density at radius 1 is 1.36 bits per heavy atom. The first-order valence-electron chi connectivity index (χ1n) is 6.98. The van der Waals surface area contributed by atoms with Gasteiger partial charge in [-0.2, -0.15) is 0 Å². The number of nitrogens with one attached hydrogen (secondary N) is 1. The molecule has 0 saturated carbocycles. The van der Waals surface area contributed by atoms with Crippen molar-refractivity contribution in [1.29, 1.82) is 0 Å². The summed E-state index contributed by atoms with van der Waals surface area (Å²) in [6.45, 7) is 0.790. The number of likely N-dealkylation sites (tertiary alicyclic amines) is 1. The smallest absolute Gasteiger partial charge is 0.229 e. The van der Waals surface area contributed by atoms with Crippen LogP contribution in [0.3, 0.4) is 0 Å². The van der Waals surface area contributed by atoms with Gasteiger partial charge in [0.25, 0.3) is 0 Å². The monoisotopic (exact) mass is 318 g/mol. The lowest BCUT2D eigenvalue weighted by molar-refractivity contribution is -0.128. The average Bonchev–Trinajstić information content (AvgIpc) is 3.10. The molecule has 0 spiro atoms. The molecule has 1 aliphatic heterocycles. The average molecular weight is 319 g/mol. The van der Waals surface area contributed by atoms with Crippen LogP contribution in [0.25, 0.3) is 0 Å². The van der Waals surface area contributed by atoms with E-state index in [0.29, 0.717) is 29.6 Å². The van der Waals surface area contributed by atoms with Gasteiger partial charge in [0, 0.05) is 23.7 Å². The highest BCUT2D eigenvalue weighted by Crippen LogP contribution is 2.23. The molecule has 0 radical (unpaired) electrons. The standard InChI is InChI=1S/C16H15ClN2O3/c17-12-3-1-4-13(8-12)18-16(21)11-7-15(20)19(9-11)10-14-5-2-6-22-14/h1-6,8,11H,7,9-10H2,(H,18,21). The van der Waals surface area contributed by atoms with Gasteiger partial charge >= 0.3 is 0 Å². The molecule has 5 nitrogen and oxygen atoms in total. The van der Waals surface area contributed by atoms with Crippen molar-refractivity contribution in [3.63, 3.8) is 0 Å². The Morgan fingerprint density at radius 3 is 2.95 bits per heavy atom. The molecular formula is C16H15ClN2O3. The largest absolute Gasteiger partial charge is 0.467 e. The number of carbonyl (C=O) groups excluding carboxylic acids is 2. The van der Waals surface area contributed by atoms with Gasteiger partial charge in [-0.3, -0.25) is 9.59 Å². The molecule has 22 heavy (non-hydrogen) atoms. The topological polar surface area (TPSA) is 62.6 Å². The first-order valence-corrected chi connectivity index (χ1v) is 7.36. The lowest BCUT2D eigenvalue weighted by atomic mass is 10.1. The van der Waals surface area contributed by atoms with Gasteiger partial charge in [-0.05, 0) is 30.3 Å². The van der Waals surface area contributed by atoms with Crippen molar-refractivity contribution in [3.05, 3.63) is 53.4 Å². The summed E-state index contributed by atoms with van der Waals surface area (Å²) >= 11 is 5.89. The molecule has 0 aliphatic carbocycles. The van der Waals surface area contributed by atoms with Crippen LogP contribution in [0, 0.1) is 5.92 Å². The van der Waals surface area contributed by atoms with Crippen molar-refractivity contribution in [1.82, 2.24) is 4.90 Å². The lowest BCUT2D eigenvalue weighted by Crippen LogP contribution is -2.27. The molecule has 114 valence electrons. The highest BCUT2D eigenvalue weighted by Gasteiger charge is 2.34. The van der Waals surface area contributed by atoms with E-state index >= 15 is 0 Å². The highest BCUT2D eigenvalue weighted by atomic mass is 35.5. The van der Waals surface area contributed by atoms with Crippen molar-refractivity contribution in [2.75, 3.05) is 11.9 Å². The third-order valence-corrected chi connectivity index (χ3v) is 3.84. The zero-order valence-electron chi connectivity index (χ0n) is 11.8. The number of furan rings is 1. The molecule has 1 fully saturated rings. The Kier molecular flexibility index (Phi) is 4.15. The molecular weight excluding hydrogens is 304 g/mol. The second-order valence-electron chi connectivity index (χ2n) is 5.25. The van der Waals surface area contributed by atoms with Gasteiger partial charge in [0.05, 0.1) is 18.7 Å².